The predicted octanol–water partition coefficient (Wildman–Crippen LogP) is 1.34. The third kappa shape index (κ3) is 5.00. The summed E-state index contributed by atoms with van der Waals surface area (Å²) in [5, 5.41) is 2.88. The van der Waals surface area contributed by atoms with Crippen LogP contribution in [0.4, 0.5) is 0 Å². The summed E-state index contributed by atoms with van der Waals surface area (Å²) in [4.78, 5) is 38.9. The lowest BCUT2D eigenvalue weighted by Crippen LogP contribution is -2.41. The molecule has 1 aromatic heterocycles. The van der Waals surface area contributed by atoms with E-state index in [0.717, 1.165) is 13.1 Å². The van der Waals surface area contributed by atoms with Crippen LogP contribution in [0.5, 0.6) is 0 Å². The van der Waals surface area contributed by atoms with Crippen molar-refractivity contribution in [3.05, 3.63) is 80.9 Å². The molecule has 0 fully saturated rings. The first-order valence-electron chi connectivity index (χ1n) is 9.65. The topological polar surface area (TPSA) is 76.3 Å². The van der Waals surface area contributed by atoms with Gasteiger partial charge in [0.05, 0.1) is 11.0 Å². The van der Waals surface area contributed by atoms with E-state index in [4.69, 9.17) is 0 Å². The van der Waals surface area contributed by atoms with Crippen LogP contribution < -0.4 is 16.4 Å². The van der Waals surface area contributed by atoms with Crippen molar-refractivity contribution in [2.45, 2.75) is 19.5 Å². The first-order valence-corrected chi connectivity index (χ1v) is 9.65. The Kier molecular flexibility index (Phi) is 6.61. The van der Waals surface area contributed by atoms with Gasteiger partial charge < -0.3 is 19.4 Å². The molecule has 2 aromatic carbocycles. The van der Waals surface area contributed by atoms with Gasteiger partial charge in [0.1, 0.15) is 0 Å². The zero-order chi connectivity index (χ0) is 20.8. The lowest BCUT2D eigenvalue weighted by atomic mass is 10.2. The van der Waals surface area contributed by atoms with Crippen LogP contribution >= 0.6 is 0 Å². The van der Waals surface area contributed by atoms with Gasteiger partial charge in [-0.15, -0.1) is 0 Å². The number of hydrogen-bond acceptors (Lipinski definition) is 4. The molecule has 3 rings (SSSR count). The summed E-state index contributed by atoms with van der Waals surface area (Å²) in [5.41, 5.74) is 1.33. The predicted molar refractivity (Wildman–Crippen MR) is 114 cm³/mol. The first-order chi connectivity index (χ1) is 14.0. The molecule has 0 aliphatic rings. The zero-order valence-electron chi connectivity index (χ0n) is 16.8. The third-order valence-corrected chi connectivity index (χ3v) is 4.94. The molecule has 7 heteroatoms. The Morgan fingerprint density at radius 3 is 2.34 bits per heavy atom. The number of likely N-dealkylation sites (N-methyl/N-ethyl adjacent to an activating group) is 1. The van der Waals surface area contributed by atoms with Crippen LogP contribution in [0.3, 0.4) is 0 Å². The molecular formula is C22H26N4O3. The number of aromatic nitrogens is 2. The molecule has 0 aliphatic heterocycles. The Balaban J connectivity index is 1.55. The van der Waals surface area contributed by atoms with Gasteiger partial charge in [-0.25, -0.2) is 0 Å². The second-order valence-electron chi connectivity index (χ2n) is 7.13. The highest BCUT2D eigenvalue weighted by atomic mass is 16.2. The van der Waals surface area contributed by atoms with Crippen molar-refractivity contribution in [3.8, 4) is 0 Å². The fourth-order valence-electron chi connectivity index (χ4n) is 3.34. The highest BCUT2D eigenvalue weighted by molar-refractivity contribution is 5.77. The van der Waals surface area contributed by atoms with E-state index < -0.39 is 11.1 Å². The number of amides is 1. The average molecular weight is 394 g/mol. The monoisotopic (exact) mass is 394 g/mol. The first kappa shape index (κ1) is 20.5. The Hall–Kier alpha value is -3.19. The molecule has 0 saturated heterocycles. The molecule has 1 amide bonds. The second kappa shape index (κ2) is 9.34. The number of hydrogen-bond donors (Lipinski definition) is 1. The summed E-state index contributed by atoms with van der Waals surface area (Å²) in [6.45, 7) is 2.22. The van der Waals surface area contributed by atoms with Crippen LogP contribution in [0.15, 0.2) is 64.2 Å². The fourth-order valence-corrected chi connectivity index (χ4v) is 3.34. The molecule has 152 valence electrons. The third-order valence-electron chi connectivity index (χ3n) is 4.94. The Labute approximate surface area is 169 Å². The van der Waals surface area contributed by atoms with Gasteiger partial charge in [-0.3, -0.25) is 14.4 Å². The molecule has 0 saturated carbocycles. The van der Waals surface area contributed by atoms with Crippen LogP contribution in [0.1, 0.15) is 12.0 Å². The molecule has 1 heterocycles. The normalized spacial score (nSPS) is 11.1. The Bertz CT molecular complexity index is 1100. The van der Waals surface area contributed by atoms with E-state index in [1.54, 1.807) is 19.2 Å². The van der Waals surface area contributed by atoms with Crippen LogP contribution in [0, 0.1) is 0 Å². The minimum atomic E-state index is -0.610. The van der Waals surface area contributed by atoms with E-state index in [2.05, 4.69) is 22.3 Å². The van der Waals surface area contributed by atoms with Crippen molar-refractivity contribution in [2.24, 2.45) is 7.05 Å². The minimum Gasteiger partial charge on any atom is -0.355 e. The zero-order valence-corrected chi connectivity index (χ0v) is 16.8. The van der Waals surface area contributed by atoms with Crippen molar-refractivity contribution < 1.29 is 4.79 Å². The summed E-state index contributed by atoms with van der Waals surface area (Å²) in [6, 6.07) is 17.3. The van der Waals surface area contributed by atoms with Crippen LogP contribution in [0.25, 0.3) is 11.0 Å². The maximum absolute atomic E-state index is 12.4. The number of nitrogens with zero attached hydrogens (tertiary/aromatic N) is 3. The van der Waals surface area contributed by atoms with Crippen molar-refractivity contribution in [2.75, 3.05) is 20.1 Å². The van der Waals surface area contributed by atoms with Gasteiger partial charge in [0.15, 0.2) is 0 Å². The van der Waals surface area contributed by atoms with Crippen LogP contribution in [-0.2, 0) is 24.9 Å². The minimum absolute atomic E-state index is 0.138. The molecule has 0 bridgehead atoms. The molecule has 0 atom stereocenters. The number of carbonyl (C=O) groups is 1. The highest BCUT2D eigenvalue weighted by Gasteiger charge is 2.12. The van der Waals surface area contributed by atoms with Crippen LogP contribution in [-0.4, -0.2) is 40.1 Å². The fraction of sp³-hybridized carbons (Fsp3) is 0.318. The van der Waals surface area contributed by atoms with E-state index >= 15 is 0 Å². The van der Waals surface area contributed by atoms with Gasteiger partial charge in [-0.05, 0) is 24.7 Å². The summed E-state index contributed by atoms with van der Waals surface area (Å²) < 4.78 is 2.73. The molecule has 0 spiro atoms. The van der Waals surface area contributed by atoms with E-state index in [1.165, 1.54) is 14.7 Å². The molecule has 0 aliphatic carbocycles. The van der Waals surface area contributed by atoms with Gasteiger partial charge in [0.25, 0.3) is 0 Å². The average Bonchev–Trinajstić information content (AvgIpc) is 2.73. The van der Waals surface area contributed by atoms with Crippen molar-refractivity contribution in [1.29, 1.82) is 0 Å². The van der Waals surface area contributed by atoms with Gasteiger partial charge in [0.2, 0.25) is 5.91 Å². The maximum Gasteiger partial charge on any atom is 0.316 e. The lowest BCUT2D eigenvalue weighted by molar-refractivity contribution is -0.121. The number of nitrogens with one attached hydrogen (secondary N) is 1. The summed E-state index contributed by atoms with van der Waals surface area (Å²) in [6.07, 6.45) is 0.138. The molecule has 3 aromatic rings. The number of carbonyl (C=O) groups excluding carboxylic acids is 1. The van der Waals surface area contributed by atoms with Gasteiger partial charge in [-0.2, -0.15) is 0 Å². The van der Waals surface area contributed by atoms with Gasteiger partial charge in [0, 0.05) is 39.6 Å². The van der Waals surface area contributed by atoms with E-state index in [1.807, 2.05) is 37.4 Å². The number of rotatable bonds is 8. The molecule has 7 nitrogen and oxygen atoms in total. The Morgan fingerprint density at radius 1 is 0.966 bits per heavy atom. The second-order valence-corrected chi connectivity index (χ2v) is 7.13. The van der Waals surface area contributed by atoms with E-state index in [0.29, 0.717) is 17.6 Å². The van der Waals surface area contributed by atoms with Crippen molar-refractivity contribution in [3.63, 3.8) is 0 Å². The summed E-state index contributed by atoms with van der Waals surface area (Å²) >= 11 is 0. The molecule has 29 heavy (non-hydrogen) atoms. The molecular weight excluding hydrogens is 368 g/mol. The smallest absolute Gasteiger partial charge is 0.316 e. The quantitative estimate of drug-likeness (QED) is 0.585. The van der Waals surface area contributed by atoms with Gasteiger partial charge >= 0.3 is 11.1 Å². The number of para-hydroxylation sites is 2. The Morgan fingerprint density at radius 2 is 1.62 bits per heavy atom. The molecule has 1 N–H and O–H groups in total. The summed E-state index contributed by atoms with van der Waals surface area (Å²) in [5.74, 6) is -0.144. The van der Waals surface area contributed by atoms with Crippen molar-refractivity contribution >= 4 is 16.9 Å². The lowest BCUT2D eigenvalue weighted by Gasteiger charge is -2.17. The van der Waals surface area contributed by atoms with Crippen molar-refractivity contribution in [1.82, 2.24) is 19.4 Å². The highest BCUT2D eigenvalue weighted by Crippen LogP contribution is 2.09. The number of aryl methyl sites for hydroxylation is 2. The SMILES string of the molecule is CN(CCNC(=O)CCn1c(=O)c(=O)n(C)c2ccccc21)Cc1ccccc1. The number of benzene rings is 2. The van der Waals surface area contributed by atoms with Crippen LogP contribution in [0.2, 0.25) is 0 Å². The number of fused-ring (bicyclic) bond motifs is 1. The molecule has 0 radical (unpaired) electrons. The maximum atomic E-state index is 12.4. The summed E-state index contributed by atoms with van der Waals surface area (Å²) in [7, 11) is 3.58. The van der Waals surface area contributed by atoms with E-state index in [9.17, 15) is 14.4 Å². The molecule has 0 unspecified atom stereocenters. The standard InChI is InChI=1S/C22H26N4O3/c1-24(16-17-8-4-3-5-9-17)15-13-23-20(27)12-14-26-19-11-7-6-10-18(19)25(2)21(28)22(26)29/h3-11H,12-16H2,1-2H3,(H,23,27). The van der Waals surface area contributed by atoms with Gasteiger partial charge in [-0.1, -0.05) is 42.5 Å². The van der Waals surface area contributed by atoms with E-state index in [-0.39, 0.29) is 18.9 Å². The largest absolute Gasteiger partial charge is 0.355 e.